The molecule has 2 aromatic rings. The average molecular weight is 325 g/mol. The molecule has 0 spiro atoms. The van der Waals surface area contributed by atoms with Gasteiger partial charge in [-0.15, -0.1) is 0 Å². The average Bonchev–Trinajstić information content (AvgIpc) is 2.68. The molecule has 1 aromatic carbocycles. The number of aryl methyl sites for hydroxylation is 1. The second-order valence-corrected chi connectivity index (χ2v) is 5.32. The van der Waals surface area contributed by atoms with E-state index in [-0.39, 0.29) is 17.8 Å². The molecular weight excluding hydrogens is 311 g/mol. The van der Waals surface area contributed by atoms with Crippen molar-refractivity contribution >= 4 is 21.8 Å². The lowest BCUT2D eigenvalue weighted by molar-refractivity contribution is 0.0931. The van der Waals surface area contributed by atoms with Crippen LogP contribution >= 0.6 is 15.9 Å². The van der Waals surface area contributed by atoms with Crippen LogP contribution in [-0.2, 0) is 7.05 Å². The van der Waals surface area contributed by atoms with E-state index in [1.807, 2.05) is 13.1 Å². The Morgan fingerprint density at radius 1 is 1.42 bits per heavy atom. The van der Waals surface area contributed by atoms with E-state index in [1.54, 1.807) is 29.8 Å². The number of hydrogen-bond acceptors (Lipinski definition) is 1. The van der Waals surface area contributed by atoms with Crippen molar-refractivity contribution in [1.29, 1.82) is 0 Å². The number of aromatic nitrogens is 1. The molecule has 100 valence electrons. The van der Waals surface area contributed by atoms with Crippen LogP contribution < -0.4 is 5.32 Å². The van der Waals surface area contributed by atoms with Gasteiger partial charge in [-0.05, 0) is 46.6 Å². The van der Waals surface area contributed by atoms with Crippen LogP contribution in [0.25, 0.3) is 0 Å². The van der Waals surface area contributed by atoms with Gasteiger partial charge in [-0.2, -0.15) is 0 Å². The quantitative estimate of drug-likeness (QED) is 0.922. The van der Waals surface area contributed by atoms with Crippen LogP contribution in [0.15, 0.2) is 41.0 Å². The monoisotopic (exact) mass is 324 g/mol. The summed E-state index contributed by atoms with van der Waals surface area (Å²) < 4.78 is 15.7. The smallest absolute Gasteiger partial charge is 0.268 e. The number of benzene rings is 1. The first-order valence-corrected chi connectivity index (χ1v) is 6.65. The van der Waals surface area contributed by atoms with Gasteiger partial charge in [0, 0.05) is 17.7 Å². The second kappa shape index (κ2) is 5.57. The molecule has 0 radical (unpaired) electrons. The van der Waals surface area contributed by atoms with E-state index in [0.717, 1.165) is 10.0 Å². The minimum atomic E-state index is -0.305. The lowest BCUT2D eigenvalue weighted by Crippen LogP contribution is -2.28. The highest BCUT2D eigenvalue weighted by Crippen LogP contribution is 2.17. The highest BCUT2D eigenvalue weighted by atomic mass is 79.9. The molecule has 1 aromatic heterocycles. The Morgan fingerprint density at radius 2 is 2.16 bits per heavy atom. The maximum absolute atomic E-state index is 13.1. The van der Waals surface area contributed by atoms with Crippen molar-refractivity contribution in [3.8, 4) is 0 Å². The number of nitrogens with zero attached hydrogens (tertiary/aromatic N) is 1. The summed E-state index contributed by atoms with van der Waals surface area (Å²) in [6, 6.07) is 7.71. The van der Waals surface area contributed by atoms with E-state index in [2.05, 4.69) is 21.2 Å². The fraction of sp³-hybridized carbons (Fsp3) is 0.214. The summed E-state index contributed by atoms with van der Waals surface area (Å²) in [5.41, 5.74) is 1.29. The Bertz CT molecular complexity index is 609. The lowest BCUT2D eigenvalue weighted by Gasteiger charge is -2.14. The molecule has 1 amide bonds. The van der Waals surface area contributed by atoms with Crippen molar-refractivity contribution < 1.29 is 9.18 Å². The van der Waals surface area contributed by atoms with Gasteiger partial charge in [0.05, 0.1) is 6.04 Å². The summed E-state index contributed by atoms with van der Waals surface area (Å²) in [6.45, 7) is 1.82. The van der Waals surface area contributed by atoms with Gasteiger partial charge < -0.3 is 9.88 Å². The molecule has 1 unspecified atom stereocenters. The van der Waals surface area contributed by atoms with E-state index in [0.29, 0.717) is 5.69 Å². The highest BCUT2D eigenvalue weighted by Gasteiger charge is 2.15. The van der Waals surface area contributed by atoms with Gasteiger partial charge in [0.15, 0.2) is 0 Å². The van der Waals surface area contributed by atoms with Crippen molar-refractivity contribution in [2.45, 2.75) is 13.0 Å². The fourth-order valence-corrected chi connectivity index (χ4v) is 2.40. The van der Waals surface area contributed by atoms with Gasteiger partial charge in [0.25, 0.3) is 5.91 Å². The summed E-state index contributed by atoms with van der Waals surface area (Å²) >= 11 is 3.32. The largest absolute Gasteiger partial charge is 0.345 e. The molecule has 2 rings (SSSR count). The van der Waals surface area contributed by atoms with Crippen LogP contribution in [0.4, 0.5) is 4.39 Å². The number of rotatable bonds is 3. The molecule has 5 heteroatoms. The normalized spacial score (nSPS) is 12.2. The zero-order chi connectivity index (χ0) is 14.0. The van der Waals surface area contributed by atoms with Crippen molar-refractivity contribution in [2.24, 2.45) is 7.05 Å². The number of halogens is 2. The molecule has 1 N–H and O–H groups in total. The Hall–Kier alpha value is -1.62. The van der Waals surface area contributed by atoms with Crippen molar-refractivity contribution in [3.05, 3.63) is 58.1 Å². The van der Waals surface area contributed by atoms with Gasteiger partial charge in [-0.1, -0.05) is 12.1 Å². The minimum absolute atomic E-state index is 0.190. The summed E-state index contributed by atoms with van der Waals surface area (Å²) in [6.07, 6.45) is 1.81. The molecular formula is C14H14BrFN2O. The number of nitrogens with one attached hydrogen (secondary N) is 1. The molecule has 0 aliphatic heterocycles. The first kappa shape index (κ1) is 13.8. The van der Waals surface area contributed by atoms with Gasteiger partial charge in [-0.25, -0.2) is 4.39 Å². The van der Waals surface area contributed by atoms with E-state index >= 15 is 0 Å². The fourth-order valence-electron chi connectivity index (χ4n) is 1.88. The van der Waals surface area contributed by atoms with Crippen LogP contribution in [0.1, 0.15) is 29.0 Å². The Labute approximate surface area is 119 Å². The van der Waals surface area contributed by atoms with E-state index in [1.165, 1.54) is 12.1 Å². The Balaban J connectivity index is 2.13. The van der Waals surface area contributed by atoms with Crippen molar-refractivity contribution in [1.82, 2.24) is 9.88 Å². The number of carbonyl (C=O) groups excluding carboxylic acids is 1. The zero-order valence-electron chi connectivity index (χ0n) is 10.7. The second-order valence-electron chi connectivity index (χ2n) is 4.40. The highest BCUT2D eigenvalue weighted by molar-refractivity contribution is 9.10. The molecule has 0 saturated carbocycles. The Morgan fingerprint density at radius 3 is 2.74 bits per heavy atom. The number of carbonyl (C=O) groups is 1. The summed E-state index contributed by atoms with van der Waals surface area (Å²) in [5, 5.41) is 2.85. The number of hydrogen-bond donors (Lipinski definition) is 1. The van der Waals surface area contributed by atoms with Gasteiger partial charge >= 0.3 is 0 Å². The van der Waals surface area contributed by atoms with Gasteiger partial charge in [0.1, 0.15) is 11.5 Å². The predicted molar refractivity (Wildman–Crippen MR) is 75.4 cm³/mol. The molecule has 3 nitrogen and oxygen atoms in total. The van der Waals surface area contributed by atoms with Crippen molar-refractivity contribution in [3.63, 3.8) is 0 Å². The summed E-state index contributed by atoms with van der Waals surface area (Å²) in [7, 11) is 1.80. The standard InChI is InChI=1S/C14H14BrFN2O/c1-9(10-4-3-5-12(16)6-10)17-14(19)13-7-11(15)8-18(13)2/h3-9H,1-2H3,(H,17,19). The SMILES string of the molecule is CC(NC(=O)c1cc(Br)cn1C)c1cccc(F)c1. The molecule has 1 atom stereocenters. The van der Waals surface area contributed by atoms with Crippen LogP contribution in [0.3, 0.4) is 0 Å². The minimum Gasteiger partial charge on any atom is -0.345 e. The van der Waals surface area contributed by atoms with Gasteiger partial charge in [-0.3, -0.25) is 4.79 Å². The third kappa shape index (κ3) is 3.23. The third-order valence-electron chi connectivity index (χ3n) is 2.90. The van der Waals surface area contributed by atoms with Crippen LogP contribution in [0, 0.1) is 5.82 Å². The third-order valence-corrected chi connectivity index (χ3v) is 3.33. The van der Waals surface area contributed by atoms with Crippen molar-refractivity contribution in [2.75, 3.05) is 0 Å². The molecule has 0 saturated heterocycles. The first-order chi connectivity index (χ1) is 8.97. The van der Waals surface area contributed by atoms with E-state index in [4.69, 9.17) is 0 Å². The molecule has 0 aliphatic carbocycles. The summed E-state index contributed by atoms with van der Waals surface area (Å²) in [4.78, 5) is 12.1. The molecule has 1 heterocycles. The zero-order valence-corrected chi connectivity index (χ0v) is 12.2. The maximum atomic E-state index is 13.1. The summed E-state index contributed by atoms with van der Waals surface area (Å²) in [5.74, 6) is -0.495. The molecule has 0 bridgehead atoms. The number of amides is 1. The first-order valence-electron chi connectivity index (χ1n) is 5.85. The van der Waals surface area contributed by atoms with Crippen LogP contribution in [-0.4, -0.2) is 10.5 Å². The maximum Gasteiger partial charge on any atom is 0.268 e. The predicted octanol–water partition coefficient (Wildman–Crippen LogP) is 3.42. The van der Waals surface area contributed by atoms with E-state index < -0.39 is 0 Å². The molecule has 0 aliphatic rings. The molecule has 0 fully saturated rings. The van der Waals surface area contributed by atoms with Crippen LogP contribution in [0.2, 0.25) is 0 Å². The Kier molecular flexibility index (Phi) is 4.04. The van der Waals surface area contributed by atoms with Gasteiger partial charge in [0.2, 0.25) is 0 Å². The molecule has 19 heavy (non-hydrogen) atoms. The lowest BCUT2D eigenvalue weighted by atomic mass is 10.1. The topological polar surface area (TPSA) is 34.0 Å². The van der Waals surface area contributed by atoms with Crippen LogP contribution in [0.5, 0.6) is 0 Å². The van der Waals surface area contributed by atoms with E-state index in [9.17, 15) is 9.18 Å².